The van der Waals surface area contributed by atoms with Crippen molar-refractivity contribution in [2.75, 3.05) is 0 Å². The van der Waals surface area contributed by atoms with Crippen LogP contribution < -0.4 is 0 Å². The molecule has 3 rings (SSSR count). The SMILES string of the molecule is Ic1ccc(-[s+]2ccc3cc(I)ccc32)cc1. The zero-order chi connectivity index (χ0) is 11.8. The van der Waals surface area contributed by atoms with Gasteiger partial charge >= 0.3 is 0 Å². The van der Waals surface area contributed by atoms with Gasteiger partial charge in [-0.25, -0.2) is 0 Å². The molecule has 17 heavy (non-hydrogen) atoms. The molecule has 0 saturated carbocycles. The number of fused-ring (bicyclic) bond motifs is 1. The fourth-order valence-corrected chi connectivity index (χ4v) is 4.59. The Morgan fingerprint density at radius 3 is 2.24 bits per heavy atom. The van der Waals surface area contributed by atoms with Crippen LogP contribution in [-0.4, -0.2) is 0 Å². The number of benzene rings is 2. The first-order valence-corrected chi connectivity index (χ1v) is 8.65. The normalized spacial score (nSPS) is 12.0. The highest BCUT2D eigenvalue weighted by molar-refractivity contribution is 14.1. The quantitative estimate of drug-likeness (QED) is 0.317. The average Bonchev–Trinajstić information content (AvgIpc) is 2.73. The lowest BCUT2D eigenvalue weighted by Crippen LogP contribution is -1.72. The van der Waals surface area contributed by atoms with E-state index in [0.717, 1.165) is 0 Å². The highest BCUT2D eigenvalue weighted by Gasteiger charge is 2.15. The van der Waals surface area contributed by atoms with Gasteiger partial charge in [0, 0.05) is 29.1 Å². The van der Waals surface area contributed by atoms with E-state index in [1.54, 1.807) is 0 Å². The summed E-state index contributed by atoms with van der Waals surface area (Å²) in [6.07, 6.45) is 0. The van der Waals surface area contributed by atoms with Crippen molar-refractivity contribution in [1.82, 2.24) is 0 Å². The van der Waals surface area contributed by atoms with Gasteiger partial charge in [0.1, 0.15) is 5.38 Å². The molecule has 0 N–H and O–H groups in total. The van der Waals surface area contributed by atoms with E-state index >= 15 is 0 Å². The molecule has 0 aliphatic carbocycles. The van der Waals surface area contributed by atoms with E-state index in [1.807, 2.05) is 0 Å². The molecule has 3 heteroatoms. The summed E-state index contributed by atoms with van der Waals surface area (Å²) in [6.45, 7) is 0. The van der Waals surface area contributed by atoms with Gasteiger partial charge in [0.15, 0.2) is 9.60 Å². The Kier molecular flexibility index (Phi) is 3.40. The molecule has 1 unspecified atom stereocenters. The molecule has 0 amide bonds. The van der Waals surface area contributed by atoms with E-state index in [2.05, 4.69) is 99.1 Å². The van der Waals surface area contributed by atoms with Crippen molar-refractivity contribution in [3.8, 4) is 4.90 Å². The van der Waals surface area contributed by atoms with Crippen molar-refractivity contribution in [2.45, 2.75) is 0 Å². The van der Waals surface area contributed by atoms with Crippen LogP contribution in [0, 0.1) is 7.14 Å². The van der Waals surface area contributed by atoms with E-state index < -0.39 is 0 Å². The monoisotopic (exact) mass is 463 g/mol. The molecule has 0 saturated heterocycles. The smallest absolute Gasteiger partial charge is 0.0443 e. The van der Waals surface area contributed by atoms with Gasteiger partial charge in [0.25, 0.3) is 0 Å². The minimum Gasteiger partial charge on any atom is -0.0443 e. The molecule has 2 aromatic carbocycles. The van der Waals surface area contributed by atoms with Crippen LogP contribution in [0.4, 0.5) is 0 Å². The Balaban J connectivity index is 2.21. The molecule has 1 heterocycles. The second-order valence-corrected chi connectivity index (χ2v) is 8.13. The van der Waals surface area contributed by atoms with Gasteiger partial charge in [-0.3, -0.25) is 0 Å². The van der Waals surface area contributed by atoms with Gasteiger partial charge in [0.2, 0.25) is 0 Å². The fraction of sp³-hybridized carbons (Fsp3) is 0. The fourth-order valence-electron chi connectivity index (χ4n) is 1.85. The molecule has 0 aliphatic rings. The van der Waals surface area contributed by atoms with Crippen LogP contribution in [-0.2, 0) is 0 Å². The second-order valence-electron chi connectivity index (χ2n) is 3.78. The third-order valence-corrected chi connectivity index (χ3v) is 6.08. The Labute approximate surface area is 130 Å². The summed E-state index contributed by atoms with van der Waals surface area (Å²) in [5.41, 5.74) is 0. The Hall–Kier alpha value is -0.140. The Bertz CT molecular complexity index is 668. The molecular formula is C14H9I2S+. The van der Waals surface area contributed by atoms with Crippen LogP contribution in [0.5, 0.6) is 0 Å². The number of hydrogen-bond donors (Lipinski definition) is 0. The predicted molar refractivity (Wildman–Crippen MR) is 93.2 cm³/mol. The van der Waals surface area contributed by atoms with Crippen LogP contribution in [0.25, 0.3) is 15.0 Å². The molecule has 0 bridgehead atoms. The average molecular weight is 463 g/mol. The molecule has 0 spiro atoms. The van der Waals surface area contributed by atoms with Crippen LogP contribution >= 0.6 is 55.7 Å². The standard InChI is InChI=1S/C14H9I2S/c15-11-1-4-13(5-2-11)17-8-7-10-9-12(16)3-6-14(10)17/h1-9H/q+1. The van der Waals surface area contributed by atoms with Gasteiger partial charge in [-0.1, -0.05) is 0 Å². The van der Waals surface area contributed by atoms with Crippen molar-refractivity contribution < 1.29 is 0 Å². The summed E-state index contributed by atoms with van der Waals surface area (Å²) in [7, 11) is 0.131. The largest absolute Gasteiger partial charge is 0.186 e. The third kappa shape index (κ3) is 2.37. The zero-order valence-electron chi connectivity index (χ0n) is 8.86. The van der Waals surface area contributed by atoms with Gasteiger partial charge in [-0.2, -0.15) is 0 Å². The highest BCUT2D eigenvalue weighted by Crippen LogP contribution is 2.39. The molecular weight excluding hydrogens is 454 g/mol. The molecule has 0 nitrogen and oxygen atoms in total. The van der Waals surface area contributed by atoms with Crippen molar-refractivity contribution in [2.24, 2.45) is 0 Å². The topological polar surface area (TPSA) is 0 Å². The van der Waals surface area contributed by atoms with Gasteiger partial charge in [-0.15, -0.1) is 0 Å². The van der Waals surface area contributed by atoms with E-state index in [0.29, 0.717) is 0 Å². The highest BCUT2D eigenvalue weighted by atomic mass is 127. The number of rotatable bonds is 1. The number of hydrogen-bond acceptors (Lipinski definition) is 0. The van der Waals surface area contributed by atoms with Crippen molar-refractivity contribution in [3.63, 3.8) is 0 Å². The molecule has 1 atom stereocenters. The minimum absolute atomic E-state index is 0.131. The van der Waals surface area contributed by atoms with Gasteiger partial charge < -0.3 is 0 Å². The number of halogens is 2. The lowest BCUT2D eigenvalue weighted by atomic mass is 10.3. The first kappa shape index (κ1) is 11.9. The van der Waals surface area contributed by atoms with E-state index in [-0.39, 0.29) is 10.5 Å². The van der Waals surface area contributed by atoms with Crippen LogP contribution in [0.2, 0.25) is 0 Å². The molecule has 84 valence electrons. The van der Waals surface area contributed by atoms with Crippen molar-refractivity contribution in [3.05, 3.63) is 61.1 Å². The van der Waals surface area contributed by atoms with Crippen LogP contribution in [0.3, 0.4) is 0 Å². The Morgan fingerprint density at radius 1 is 0.765 bits per heavy atom. The summed E-state index contributed by atoms with van der Waals surface area (Å²) in [6, 6.07) is 17.8. The molecule has 0 aliphatic heterocycles. The maximum Gasteiger partial charge on any atom is 0.186 e. The van der Waals surface area contributed by atoms with Gasteiger partial charge in [0.05, 0.1) is 0 Å². The molecule has 0 radical (unpaired) electrons. The lowest BCUT2D eigenvalue weighted by molar-refractivity contribution is 1.68. The summed E-state index contributed by atoms with van der Waals surface area (Å²) in [4.78, 5) is 1.40. The van der Waals surface area contributed by atoms with E-state index in [1.165, 1.54) is 22.1 Å². The second kappa shape index (κ2) is 4.85. The molecule has 1 aromatic heterocycles. The molecule has 3 aromatic rings. The lowest BCUT2D eigenvalue weighted by Gasteiger charge is -1.93. The predicted octanol–water partition coefficient (Wildman–Crippen LogP) is 5.79. The van der Waals surface area contributed by atoms with E-state index in [4.69, 9.17) is 0 Å². The first-order valence-electron chi connectivity index (χ1n) is 5.20. The van der Waals surface area contributed by atoms with Crippen molar-refractivity contribution >= 4 is 65.7 Å². The maximum atomic E-state index is 2.37. The van der Waals surface area contributed by atoms with Gasteiger partial charge in [-0.05, 0) is 87.6 Å². The van der Waals surface area contributed by atoms with Crippen LogP contribution in [0.1, 0.15) is 0 Å². The van der Waals surface area contributed by atoms with Crippen molar-refractivity contribution in [1.29, 1.82) is 0 Å². The maximum absolute atomic E-state index is 2.37. The summed E-state index contributed by atoms with van der Waals surface area (Å²) < 4.78 is 4.05. The summed E-state index contributed by atoms with van der Waals surface area (Å²) in [5.74, 6) is 0. The summed E-state index contributed by atoms with van der Waals surface area (Å²) >= 11 is 4.72. The third-order valence-electron chi connectivity index (χ3n) is 2.66. The number of thiophene rings is 1. The summed E-state index contributed by atoms with van der Waals surface area (Å²) in [5, 5.41) is 3.70. The minimum atomic E-state index is 0.131. The first-order chi connectivity index (χ1) is 8.24. The Morgan fingerprint density at radius 2 is 1.47 bits per heavy atom. The van der Waals surface area contributed by atoms with E-state index in [9.17, 15) is 0 Å². The molecule has 0 fully saturated rings. The zero-order valence-corrected chi connectivity index (χ0v) is 14.0. The van der Waals surface area contributed by atoms with Crippen LogP contribution in [0.15, 0.2) is 53.9 Å².